The van der Waals surface area contributed by atoms with E-state index < -0.39 is 29.7 Å². The van der Waals surface area contributed by atoms with Crippen LogP contribution in [0.3, 0.4) is 0 Å². The van der Waals surface area contributed by atoms with Crippen LogP contribution in [-0.4, -0.2) is 22.9 Å². The number of ether oxygens (including phenoxy) is 1. The molecule has 23 heavy (non-hydrogen) atoms. The highest BCUT2D eigenvalue weighted by Gasteiger charge is 2.62. The molecule has 0 saturated heterocycles. The summed E-state index contributed by atoms with van der Waals surface area (Å²) in [6.07, 6.45) is -4.06. The van der Waals surface area contributed by atoms with Gasteiger partial charge in [-0.05, 0) is 24.0 Å². The highest BCUT2D eigenvalue weighted by molar-refractivity contribution is 5.96. The van der Waals surface area contributed by atoms with Crippen LogP contribution in [0.2, 0.25) is 0 Å². The molecule has 1 aromatic carbocycles. The van der Waals surface area contributed by atoms with E-state index in [9.17, 15) is 23.1 Å². The number of hydrogen-bond donors (Lipinski definition) is 1. The van der Waals surface area contributed by atoms with Crippen LogP contribution >= 0.6 is 0 Å². The number of carboxylic acid groups (broad SMARTS) is 1. The summed E-state index contributed by atoms with van der Waals surface area (Å²) in [4.78, 5) is 11.5. The molecule has 0 fully saturated rings. The number of carbonyl (C=O) groups is 1. The fraction of sp³-hybridized carbons (Fsp3) is 0.471. The summed E-state index contributed by atoms with van der Waals surface area (Å²) in [7, 11) is 0. The second-order valence-corrected chi connectivity index (χ2v) is 6.89. The zero-order chi connectivity index (χ0) is 17.5. The van der Waals surface area contributed by atoms with Crippen LogP contribution in [0.15, 0.2) is 29.8 Å². The van der Waals surface area contributed by atoms with Crippen molar-refractivity contribution in [2.75, 3.05) is 0 Å². The third-order valence-electron chi connectivity index (χ3n) is 3.85. The lowest BCUT2D eigenvalue weighted by Crippen LogP contribution is -2.55. The van der Waals surface area contributed by atoms with Gasteiger partial charge in [-0.15, -0.1) is 0 Å². The Kier molecular flexibility index (Phi) is 4.22. The van der Waals surface area contributed by atoms with Gasteiger partial charge >= 0.3 is 12.1 Å². The number of halogens is 3. The molecule has 0 aromatic heterocycles. The van der Waals surface area contributed by atoms with Gasteiger partial charge in [0.1, 0.15) is 5.75 Å². The highest BCUT2D eigenvalue weighted by atomic mass is 19.4. The number of aliphatic carboxylic acids is 1. The third-order valence-corrected chi connectivity index (χ3v) is 3.85. The first-order chi connectivity index (χ1) is 10.5. The average Bonchev–Trinajstić information content (AvgIpc) is 2.41. The number of rotatable bonds is 3. The predicted molar refractivity (Wildman–Crippen MR) is 80.2 cm³/mol. The normalized spacial score (nSPS) is 21.2. The largest absolute Gasteiger partial charge is 0.478 e. The first-order valence-corrected chi connectivity index (χ1v) is 7.26. The van der Waals surface area contributed by atoms with Crippen LogP contribution in [0.25, 0.3) is 6.08 Å². The summed E-state index contributed by atoms with van der Waals surface area (Å²) < 4.78 is 46.8. The second-order valence-electron chi connectivity index (χ2n) is 6.89. The number of alkyl halides is 3. The lowest BCUT2D eigenvalue weighted by atomic mass is 9.79. The average molecular weight is 328 g/mol. The Morgan fingerprint density at radius 1 is 1.22 bits per heavy atom. The van der Waals surface area contributed by atoms with Gasteiger partial charge in [-0.2, -0.15) is 13.2 Å². The van der Waals surface area contributed by atoms with E-state index in [1.54, 1.807) is 32.9 Å². The molecular formula is C17H19F3O3. The maximum atomic E-state index is 13.8. The lowest BCUT2D eigenvalue weighted by molar-refractivity contribution is -0.239. The molecule has 126 valence electrons. The summed E-state index contributed by atoms with van der Waals surface area (Å²) in [5.74, 6) is -1.57. The summed E-state index contributed by atoms with van der Waals surface area (Å²) in [5.41, 5.74) is -3.66. The van der Waals surface area contributed by atoms with E-state index in [2.05, 4.69) is 0 Å². The van der Waals surface area contributed by atoms with Gasteiger partial charge in [0.15, 0.2) is 0 Å². The molecule has 1 aliphatic rings. The minimum Gasteiger partial charge on any atom is -0.478 e. The molecule has 0 aliphatic carbocycles. The molecule has 0 spiro atoms. The summed E-state index contributed by atoms with van der Waals surface area (Å²) in [6.45, 7) is 5.41. The molecule has 2 rings (SSSR count). The summed E-state index contributed by atoms with van der Waals surface area (Å²) in [6, 6.07) is 6.13. The molecular weight excluding hydrogens is 309 g/mol. The highest BCUT2D eigenvalue weighted by Crippen LogP contribution is 2.49. The Balaban J connectivity index is 2.58. The van der Waals surface area contributed by atoms with Crippen LogP contribution < -0.4 is 4.74 Å². The molecule has 1 heterocycles. The van der Waals surface area contributed by atoms with Gasteiger partial charge in [0.2, 0.25) is 5.60 Å². The van der Waals surface area contributed by atoms with Crippen LogP contribution in [0, 0.1) is 5.41 Å². The summed E-state index contributed by atoms with van der Waals surface area (Å²) in [5, 5.41) is 9.34. The van der Waals surface area contributed by atoms with E-state index in [0.29, 0.717) is 5.56 Å². The Morgan fingerprint density at radius 3 is 2.35 bits per heavy atom. The number of fused-ring (bicyclic) bond motifs is 1. The van der Waals surface area contributed by atoms with E-state index >= 15 is 0 Å². The molecule has 1 unspecified atom stereocenters. The van der Waals surface area contributed by atoms with Gasteiger partial charge < -0.3 is 9.84 Å². The van der Waals surface area contributed by atoms with Gasteiger partial charge in [0.25, 0.3) is 0 Å². The molecule has 0 bridgehead atoms. The van der Waals surface area contributed by atoms with Crippen molar-refractivity contribution in [2.24, 2.45) is 5.41 Å². The maximum Gasteiger partial charge on any atom is 0.432 e. The van der Waals surface area contributed by atoms with Crippen molar-refractivity contribution in [3.8, 4) is 5.75 Å². The molecule has 3 nitrogen and oxygen atoms in total. The summed E-state index contributed by atoms with van der Waals surface area (Å²) >= 11 is 0. The first kappa shape index (κ1) is 17.4. The zero-order valence-corrected chi connectivity index (χ0v) is 13.2. The second kappa shape index (κ2) is 5.58. The van der Waals surface area contributed by atoms with Crippen LogP contribution in [0.4, 0.5) is 13.2 Å². The predicted octanol–water partition coefficient (Wildman–Crippen LogP) is 4.67. The minimum atomic E-state index is -4.84. The van der Waals surface area contributed by atoms with E-state index in [-0.39, 0.29) is 17.6 Å². The molecule has 0 radical (unpaired) electrons. The van der Waals surface area contributed by atoms with Crippen molar-refractivity contribution in [3.63, 3.8) is 0 Å². The van der Waals surface area contributed by atoms with Crippen molar-refractivity contribution >= 4 is 12.0 Å². The van der Waals surface area contributed by atoms with Crippen molar-refractivity contribution in [1.82, 2.24) is 0 Å². The third kappa shape index (κ3) is 3.35. The molecule has 1 aliphatic heterocycles. The molecule has 1 aromatic rings. The van der Waals surface area contributed by atoms with Crippen molar-refractivity contribution in [2.45, 2.75) is 45.4 Å². The van der Waals surface area contributed by atoms with Gasteiger partial charge in [0.05, 0.1) is 5.57 Å². The quantitative estimate of drug-likeness (QED) is 0.877. The van der Waals surface area contributed by atoms with Crippen LogP contribution in [0.5, 0.6) is 5.75 Å². The topological polar surface area (TPSA) is 46.5 Å². The van der Waals surface area contributed by atoms with Crippen molar-refractivity contribution in [3.05, 3.63) is 35.4 Å². The van der Waals surface area contributed by atoms with Crippen LogP contribution in [-0.2, 0) is 4.79 Å². The fourth-order valence-electron chi connectivity index (χ4n) is 2.53. The standard InChI is InChI=1S/C17H19F3O3/c1-15(2,3)8-9-16(17(18,19)20)12(14(21)22)10-11-6-4-5-7-13(11)23-16/h4-7,10H,8-9H2,1-3H3,(H,21,22). The Morgan fingerprint density at radius 2 is 1.83 bits per heavy atom. The van der Waals surface area contributed by atoms with E-state index in [1.165, 1.54) is 12.1 Å². The van der Waals surface area contributed by atoms with E-state index in [0.717, 1.165) is 6.08 Å². The van der Waals surface area contributed by atoms with E-state index in [1.807, 2.05) is 0 Å². The molecule has 1 N–H and O–H groups in total. The molecule has 1 atom stereocenters. The number of para-hydroxylation sites is 1. The SMILES string of the molecule is CC(C)(C)CCC1(C(F)(F)F)Oc2ccccc2C=C1C(=O)O. The molecule has 0 amide bonds. The van der Waals surface area contributed by atoms with Gasteiger partial charge in [0, 0.05) is 12.0 Å². The monoisotopic (exact) mass is 328 g/mol. The first-order valence-electron chi connectivity index (χ1n) is 7.26. The van der Waals surface area contributed by atoms with E-state index in [4.69, 9.17) is 4.74 Å². The van der Waals surface area contributed by atoms with Crippen molar-refractivity contribution < 1.29 is 27.8 Å². The smallest absolute Gasteiger partial charge is 0.432 e. The molecule has 0 saturated carbocycles. The zero-order valence-electron chi connectivity index (χ0n) is 13.2. The minimum absolute atomic E-state index is 0.0451. The molecule has 6 heteroatoms. The Hall–Kier alpha value is -1.98. The van der Waals surface area contributed by atoms with Gasteiger partial charge in [-0.3, -0.25) is 0 Å². The lowest BCUT2D eigenvalue weighted by Gasteiger charge is -2.40. The fourth-order valence-corrected chi connectivity index (χ4v) is 2.53. The maximum absolute atomic E-state index is 13.8. The van der Waals surface area contributed by atoms with Crippen molar-refractivity contribution in [1.29, 1.82) is 0 Å². The van der Waals surface area contributed by atoms with Gasteiger partial charge in [-0.1, -0.05) is 39.0 Å². The Bertz CT molecular complexity index is 641. The van der Waals surface area contributed by atoms with Gasteiger partial charge in [-0.25, -0.2) is 4.79 Å². The number of carboxylic acids is 1. The number of benzene rings is 1. The number of hydrogen-bond acceptors (Lipinski definition) is 2. The Labute approximate surface area is 132 Å². The van der Waals surface area contributed by atoms with Crippen LogP contribution in [0.1, 0.15) is 39.2 Å².